The van der Waals surface area contributed by atoms with Crippen LogP contribution in [0.1, 0.15) is 5.76 Å². The van der Waals surface area contributed by atoms with E-state index in [0.29, 0.717) is 6.54 Å². The molecule has 1 aliphatic rings. The molecule has 0 saturated carbocycles. The number of hydrogen-bond acceptors (Lipinski definition) is 7. The van der Waals surface area contributed by atoms with Crippen LogP contribution in [0.15, 0.2) is 59.3 Å². The van der Waals surface area contributed by atoms with Gasteiger partial charge in [-0.25, -0.2) is 9.97 Å². The molecule has 0 spiro atoms. The number of fused-ring (bicyclic) bond motifs is 1. The summed E-state index contributed by atoms with van der Waals surface area (Å²) in [6, 6.07) is 14.3. The first kappa shape index (κ1) is 18.5. The standard InChI is InChI=1S/C22H24N6O2/c1-23-22-26-19-14-24-21(13-20(19)28(22)15-18-3-2-10-30-18)25-16-4-6-17(7-5-16)27-8-11-29-12-9-27/h2-7,10,13-14H,8-9,11-12,15H2,1H3,(H,23,26)(H,24,25). The topological polar surface area (TPSA) is 80.4 Å². The van der Waals surface area contributed by atoms with Crippen LogP contribution in [0.3, 0.4) is 0 Å². The SMILES string of the molecule is CNc1nc2cnc(Nc3ccc(N4CCOCC4)cc3)cc2n1Cc1ccco1. The maximum atomic E-state index is 5.52. The first-order valence-corrected chi connectivity index (χ1v) is 10.1. The first-order chi connectivity index (χ1) is 14.8. The minimum absolute atomic E-state index is 0.595. The molecule has 4 heterocycles. The molecule has 1 fully saturated rings. The van der Waals surface area contributed by atoms with Gasteiger partial charge >= 0.3 is 0 Å². The Balaban J connectivity index is 1.39. The van der Waals surface area contributed by atoms with Crippen molar-refractivity contribution < 1.29 is 9.15 Å². The van der Waals surface area contributed by atoms with Crippen LogP contribution >= 0.6 is 0 Å². The Kier molecular flexibility index (Phi) is 4.98. The molecule has 1 saturated heterocycles. The summed E-state index contributed by atoms with van der Waals surface area (Å²) in [5, 5.41) is 6.55. The summed E-state index contributed by atoms with van der Waals surface area (Å²) in [5.74, 6) is 2.41. The normalized spacial score (nSPS) is 14.2. The summed E-state index contributed by atoms with van der Waals surface area (Å²) >= 11 is 0. The van der Waals surface area contributed by atoms with Gasteiger partial charge in [0.2, 0.25) is 5.95 Å². The molecule has 0 unspecified atom stereocenters. The number of morpholine rings is 1. The number of nitrogens with zero attached hydrogens (tertiary/aromatic N) is 4. The van der Waals surface area contributed by atoms with Crippen molar-refractivity contribution in [2.45, 2.75) is 6.54 Å². The molecule has 0 aliphatic carbocycles. The van der Waals surface area contributed by atoms with Gasteiger partial charge in [-0.15, -0.1) is 0 Å². The van der Waals surface area contributed by atoms with Crippen molar-refractivity contribution in [2.24, 2.45) is 0 Å². The Bertz CT molecular complexity index is 1110. The minimum Gasteiger partial charge on any atom is -0.467 e. The van der Waals surface area contributed by atoms with E-state index in [-0.39, 0.29) is 0 Å². The highest BCUT2D eigenvalue weighted by molar-refractivity contribution is 5.81. The quantitative estimate of drug-likeness (QED) is 0.507. The fraction of sp³-hybridized carbons (Fsp3) is 0.273. The molecule has 5 rings (SSSR count). The number of pyridine rings is 1. The average molecular weight is 404 g/mol. The van der Waals surface area contributed by atoms with Crippen molar-refractivity contribution in [2.75, 3.05) is 48.9 Å². The van der Waals surface area contributed by atoms with Crippen LogP contribution in [-0.4, -0.2) is 47.9 Å². The second-order valence-corrected chi connectivity index (χ2v) is 7.18. The third-order valence-corrected chi connectivity index (χ3v) is 5.27. The van der Waals surface area contributed by atoms with Crippen LogP contribution in [0.2, 0.25) is 0 Å². The van der Waals surface area contributed by atoms with E-state index in [4.69, 9.17) is 9.15 Å². The third kappa shape index (κ3) is 3.69. The second-order valence-electron chi connectivity index (χ2n) is 7.18. The predicted octanol–water partition coefficient (Wildman–Crippen LogP) is 3.69. The molecule has 154 valence electrons. The molecule has 4 aromatic rings. The zero-order chi connectivity index (χ0) is 20.3. The van der Waals surface area contributed by atoms with Crippen molar-refractivity contribution in [3.63, 3.8) is 0 Å². The van der Waals surface area contributed by atoms with Crippen LogP contribution in [0.25, 0.3) is 11.0 Å². The Labute approximate surface area is 174 Å². The van der Waals surface area contributed by atoms with E-state index in [1.54, 1.807) is 12.5 Å². The van der Waals surface area contributed by atoms with Crippen LogP contribution in [-0.2, 0) is 11.3 Å². The minimum atomic E-state index is 0.595. The van der Waals surface area contributed by atoms with Gasteiger partial charge in [0.15, 0.2) is 0 Å². The van der Waals surface area contributed by atoms with Crippen molar-refractivity contribution in [1.29, 1.82) is 0 Å². The number of aromatic nitrogens is 3. The van der Waals surface area contributed by atoms with E-state index >= 15 is 0 Å². The first-order valence-electron chi connectivity index (χ1n) is 10.1. The summed E-state index contributed by atoms with van der Waals surface area (Å²) in [5.41, 5.74) is 4.02. The molecule has 2 N–H and O–H groups in total. The number of ether oxygens (including phenoxy) is 1. The zero-order valence-electron chi connectivity index (χ0n) is 16.8. The van der Waals surface area contributed by atoms with Gasteiger partial charge in [0.05, 0.1) is 37.7 Å². The largest absolute Gasteiger partial charge is 0.467 e. The molecule has 30 heavy (non-hydrogen) atoms. The van der Waals surface area contributed by atoms with E-state index in [1.807, 2.05) is 25.2 Å². The maximum absolute atomic E-state index is 5.52. The molecule has 1 aromatic carbocycles. The third-order valence-electron chi connectivity index (χ3n) is 5.27. The summed E-state index contributed by atoms with van der Waals surface area (Å²) in [4.78, 5) is 11.5. The van der Waals surface area contributed by atoms with E-state index in [0.717, 1.165) is 60.6 Å². The molecule has 0 radical (unpaired) electrons. The van der Waals surface area contributed by atoms with Crippen LogP contribution in [0.4, 0.5) is 23.1 Å². The van der Waals surface area contributed by atoms with Gasteiger partial charge in [-0.3, -0.25) is 0 Å². The average Bonchev–Trinajstić information content (AvgIpc) is 3.43. The monoisotopic (exact) mass is 404 g/mol. The molecule has 0 amide bonds. The van der Waals surface area contributed by atoms with Gasteiger partial charge in [-0.1, -0.05) is 0 Å². The Morgan fingerprint density at radius 3 is 2.67 bits per heavy atom. The number of imidazole rings is 1. The number of hydrogen-bond donors (Lipinski definition) is 2. The van der Waals surface area contributed by atoms with E-state index < -0.39 is 0 Å². The molecule has 0 bridgehead atoms. The molecule has 8 nitrogen and oxygen atoms in total. The van der Waals surface area contributed by atoms with Gasteiger partial charge in [-0.05, 0) is 36.4 Å². The lowest BCUT2D eigenvalue weighted by Crippen LogP contribution is -2.36. The zero-order valence-corrected chi connectivity index (χ0v) is 16.8. The van der Waals surface area contributed by atoms with Gasteiger partial charge in [0.25, 0.3) is 0 Å². The van der Waals surface area contributed by atoms with Crippen molar-refractivity contribution in [3.8, 4) is 0 Å². The Morgan fingerprint density at radius 2 is 1.93 bits per heavy atom. The smallest absolute Gasteiger partial charge is 0.204 e. The molecular formula is C22H24N6O2. The van der Waals surface area contributed by atoms with Gasteiger partial charge in [-0.2, -0.15) is 0 Å². The van der Waals surface area contributed by atoms with Crippen molar-refractivity contribution in [1.82, 2.24) is 14.5 Å². The van der Waals surface area contributed by atoms with Gasteiger partial charge in [0.1, 0.15) is 17.1 Å². The molecule has 8 heteroatoms. The van der Waals surface area contributed by atoms with Crippen molar-refractivity contribution >= 4 is 34.2 Å². The number of rotatable bonds is 6. The van der Waals surface area contributed by atoms with Crippen molar-refractivity contribution in [3.05, 3.63) is 60.7 Å². The lowest BCUT2D eigenvalue weighted by Gasteiger charge is -2.28. The fourth-order valence-electron chi connectivity index (χ4n) is 3.73. The highest BCUT2D eigenvalue weighted by Gasteiger charge is 2.14. The highest BCUT2D eigenvalue weighted by Crippen LogP contribution is 2.26. The lowest BCUT2D eigenvalue weighted by atomic mass is 10.2. The van der Waals surface area contributed by atoms with Gasteiger partial charge < -0.3 is 29.3 Å². The number of benzene rings is 1. The highest BCUT2D eigenvalue weighted by atomic mass is 16.5. The summed E-state index contributed by atoms with van der Waals surface area (Å²) in [7, 11) is 1.86. The predicted molar refractivity (Wildman–Crippen MR) is 118 cm³/mol. The Morgan fingerprint density at radius 1 is 1.10 bits per heavy atom. The lowest BCUT2D eigenvalue weighted by molar-refractivity contribution is 0.122. The van der Waals surface area contributed by atoms with E-state index in [9.17, 15) is 0 Å². The number of furan rings is 1. The van der Waals surface area contributed by atoms with Crippen LogP contribution in [0, 0.1) is 0 Å². The van der Waals surface area contributed by atoms with Crippen LogP contribution in [0.5, 0.6) is 0 Å². The summed E-state index contributed by atoms with van der Waals surface area (Å²) < 4.78 is 13.0. The van der Waals surface area contributed by atoms with Crippen LogP contribution < -0.4 is 15.5 Å². The Hall–Kier alpha value is -3.52. The fourth-order valence-corrected chi connectivity index (χ4v) is 3.73. The van der Waals surface area contributed by atoms with E-state index in [1.165, 1.54) is 5.69 Å². The second kappa shape index (κ2) is 8.08. The van der Waals surface area contributed by atoms with E-state index in [2.05, 4.69) is 54.3 Å². The van der Waals surface area contributed by atoms with Gasteiger partial charge in [0, 0.05) is 37.6 Å². The molecule has 0 atom stereocenters. The maximum Gasteiger partial charge on any atom is 0.204 e. The summed E-state index contributed by atoms with van der Waals surface area (Å²) in [6.45, 7) is 4.02. The number of nitrogens with one attached hydrogen (secondary N) is 2. The molecular weight excluding hydrogens is 380 g/mol. The molecule has 3 aromatic heterocycles. The summed E-state index contributed by atoms with van der Waals surface area (Å²) in [6.07, 6.45) is 3.47. The number of anilines is 4. The molecule has 1 aliphatic heterocycles.